The van der Waals surface area contributed by atoms with E-state index in [0.29, 0.717) is 21.3 Å². The minimum absolute atomic E-state index is 0.489. The first-order valence-electron chi connectivity index (χ1n) is 5.70. The summed E-state index contributed by atoms with van der Waals surface area (Å²) in [5.41, 5.74) is 0.740. The van der Waals surface area contributed by atoms with Crippen LogP contribution in [0, 0.1) is 4.77 Å². The van der Waals surface area contributed by atoms with Crippen molar-refractivity contribution in [3.8, 4) is 17.2 Å². The normalized spacial score (nSPS) is 10.5. The molecule has 7 heteroatoms. The van der Waals surface area contributed by atoms with Gasteiger partial charge in [0.1, 0.15) is 17.3 Å². The van der Waals surface area contributed by atoms with E-state index in [-0.39, 0.29) is 0 Å². The maximum absolute atomic E-state index is 6.16. The highest BCUT2D eigenvalue weighted by atomic mass is 35.5. The van der Waals surface area contributed by atoms with Crippen LogP contribution in [0.15, 0.2) is 12.1 Å². The molecule has 1 aromatic carbocycles. The number of aromatic amines is 1. The molecule has 102 valence electrons. The number of aryl methyl sites for hydroxylation is 1. The van der Waals surface area contributed by atoms with Crippen molar-refractivity contribution < 1.29 is 9.47 Å². The number of rotatable bonds is 4. The van der Waals surface area contributed by atoms with Gasteiger partial charge in [0, 0.05) is 12.5 Å². The van der Waals surface area contributed by atoms with E-state index >= 15 is 0 Å². The average Bonchev–Trinajstić information content (AvgIpc) is 2.79. The fourth-order valence-corrected chi connectivity index (χ4v) is 2.32. The van der Waals surface area contributed by atoms with E-state index in [4.69, 9.17) is 33.3 Å². The Kier molecular flexibility index (Phi) is 4.11. The second-order valence-electron chi connectivity index (χ2n) is 3.79. The van der Waals surface area contributed by atoms with Crippen LogP contribution in [0.25, 0.3) is 5.69 Å². The van der Waals surface area contributed by atoms with Crippen LogP contribution in [0.4, 0.5) is 0 Å². The highest BCUT2D eigenvalue weighted by Crippen LogP contribution is 2.35. The molecule has 0 radical (unpaired) electrons. The maximum atomic E-state index is 6.16. The smallest absolute Gasteiger partial charge is 0.199 e. The molecule has 2 rings (SSSR count). The minimum atomic E-state index is 0.489. The Morgan fingerprint density at radius 3 is 2.58 bits per heavy atom. The van der Waals surface area contributed by atoms with Crippen molar-refractivity contribution in [1.29, 1.82) is 0 Å². The topological polar surface area (TPSA) is 52.1 Å². The molecule has 2 aromatic rings. The summed E-state index contributed by atoms with van der Waals surface area (Å²) in [6.45, 7) is 2.00. The summed E-state index contributed by atoms with van der Waals surface area (Å²) >= 11 is 11.4. The van der Waals surface area contributed by atoms with Gasteiger partial charge in [-0.05, 0) is 18.3 Å². The number of H-pyrrole nitrogens is 1. The number of aromatic nitrogens is 3. The zero-order valence-electron chi connectivity index (χ0n) is 10.9. The van der Waals surface area contributed by atoms with E-state index in [2.05, 4.69) is 10.2 Å². The number of halogens is 1. The van der Waals surface area contributed by atoms with E-state index in [1.54, 1.807) is 30.9 Å². The summed E-state index contributed by atoms with van der Waals surface area (Å²) in [5.74, 6) is 1.98. The van der Waals surface area contributed by atoms with Crippen molar-refractivity contribution in [2.24, 2.45) is 0 Å². The molecule has 1 heterocycles. The number of nitrogens with zero attached hydrogens (tertiary/aromatic N) is 2. The third kappa shape index (κ3) is 2.46. The average molecular weight is 300 g/mol. The van der Waals surface area contributed by atoms with Gasteiger partial charge in [-0.2, -0.15) is 5.10 Å². The van der Waals surface area contributed by atoms with E-state index in [1.165, 1.54) is 0 Å². The standard InChI is InChI=1S/C12H14ClN3O2S/c1-4-11-14-15-12(19)16(11)8-5-7(13)9(17-2)6-10(8)18-3/h5-6H,4H2,1-3H3,(H,15,19). The Balaban J connectivity index is 2.71. The second kappa shape index (κ2) is 5.63. The lowest BCUT2D eigenvalue weighted by Crippen LogP contribution is -2.03. The summed E-state index contributed by atoms with van der Waals surface area (Å²) < 4.78 is 12.9. The van der Waals surface area contributed by atoms with Gasteiger partial charge in [-0.3, -0.25) is 9.67 Å². The van der Waals surface area contributed by atoms with Crippen molar-refractivity contribution in [3.63, 3.8) is 0 Å². The molecular formula is C12H14ClN3O2S. The number of ether oxygens (including phenoxy) is 2. The number of hydrogen-bond acceptors (Lipinski definition) is 4. The molecule has 0 amide bonds. The van der Waals surface area contributed by atoms with Crippen molar-refractivity contribution >= 4 is 23.8 Å². The second-order valence-corrected chi connectivity index (χ2v) is 4.59. The summed E-state index contributed by atoms with van der Waals surface area (Å²) in [4.78, 5) is 0. The van der Waals surface area contributed by atoms with E-state index in [9.17, 15) is 0 Å². The Hall–Kier alpha value is -1.53. The number of hydrogen-bond donors (Lipinski definition) is 1. The Bertz CT molecular complexity index is 651. The number of methoxy groups -OCH3 is 2. The van der Waals surface area contributed by atoms with Crippen LogP contribution < -0.4 is 9.47 Å². The van der Waals surface area contributed by atoms with Gasteiger partial charge in [0.05, 0.1) is 24.9 Å². The first-order valence-corrected chi connectivity index (χ1v) is 6.49. The van der Waals surface area contributed by atoms with Gasteiger partial charge in [0.2, 0.25) is 0 Å². The zero-order valence-corrected chi connectivity index (χ0v) is 12.4. The molecule has 0 aliphatic rings. The van der Waals surface area contributed by atoms with Crippen LogP contribution in [0.5, 0.6) is 11.5 Å². The first kappa shape index (κ1) is 13.9. The van der Waals surface area contributed by atoms with Crippen molar-refractivity contribution in [2.75, 3.05) is 14.2 Å². The van der Waals surface area contributed by atoms with Crippen LogP contribution in [0.2, 0.25) is 5.02 Å². The number of nitrogens with one attached hydrogen (secondary N) is 1. The van der Waals surface area contributed by atoms with Crippen LogP contribution >= 0.6 is 23.8 Å². The van der Waals surface area contributed by atoms with Gasteiger partial charge >= 0.3 is 0 Å². The Morgan fingerprint density at radius 2 is 2.00 bits per heavy atom. The lowest BCUT2D eigenvalue weighted by molar-refractivity contribution is 0.393. The van der Waals surface area contributed by atoms with Gasteiger partial charge in [0.25, 0.3) is 0 Å². The summed E-state index contributed by atoms with van der Waals surface area (Å²) in [7, 11) is 3.14. The largest absolute Gasteiger partial charge is 0.495 e. The number of benzene rings is 1. The van der Waals surface area contributed by atoms with E-state index < -0.39 is 0 Å². The highest BCUT2D eigenvalue weighted by molar-refractivity contribution is 7.71. The van der Waals surface area contributed by atoms with E-state index in [0.717, 1.165) is 17.9 Å². The summed E-state index contributed by atoms with van der Waals surface area (Å²) in [6, 6.07) is 3.48. The Morgan fingerprint density at radius 1 is 1.32 bits per heavy atom. The lowest BCUT2D eigenvalue weighted by atomic mass is 10.2. The molecule has 1 aromatic heterocycles. The maximum Gasteiger partial charge on any atom is 0.199 e. The molecule has 0 aliphatic heterocycles. The fraction of sp³-hybridized carbons (Fsp3) is 0.333. The first-order chi connectivity index (χ1) is 9.12. The lowest BCUT2D eigenvalue weighted by Gasteiger charge is -2.13. The van der Waals surface area contributed by atoms with Crippen LogP contribution in [0.1, 0.15) is 12.7 Å². The molecular weight excluding hydrogens is 286 g/mol. The molecule has 19 heavy (non-hydrogen) atoms. The molecule has 0 saturated carbocycles. The third-order valence-electron chi connectivity index (χ3n) is 2.75. The quantitative estimate of drug-likeness (QED) is 0.881. The molecule has 0 bridgehead atoms. The SMILES string of the molecule is CCc1n[nH]c(=S)n1-c1cc(Cl)c(OC)cc1OC. The van der Waals surface area contributed by atoms with E-state index in [1.807, 2.05) is 6.92 Å². The van der Waals surface area contributed by atoms with Crippen LogP contribution in [-0.2, 0) is 6.42 Å². The molecule has 0 aliphatic carbocycles. The van der Waals surface area contributed by atoms with Gasteiger partial charge in [-0.1, -0.05) is 18.5 Å². The van der Waals surface area contributed by atoms with Crippen LogP contribution in [-0.4, -0.2) is 29.0 Å². The highest BCUT2D eigenvalue weighted by Gasteiger charge is 2.15. The van der Waals surface area contributed by atoms with Crippen LogP contribution in [0.3, 0.4) is 0 Å². The molecule has 1 N–H and O–H groups in total. The molecule has 0 saturated heterocycles. The predicted molar refractivity (Wildman–Crippen MR) is 76.2 cm³/mol. The summed E-state index contributed by atoms with van der Waals surface area (Å²) in [5, 5.41) is 7.44. The molecule has 0 fully saturated rings. The molecule has 0 unspecified atom stereocenters. The van der Waals surface area contributed by atoms with Gasteiger partial charge in [-0.15, -0.1) is 0 Å². The minimum Gasteiger partial charge on any atom is -0.495 e. The van der Waals surface area contributed by atoms with Crippen molar-refractivity contribution in [3.05, 3.63) is 27.8 Å². The summed E-state index contributed by atoms with van der Waals surface area (Å²) in [6.07, 6.45) is 0.736. The van der Waals surface area contributed by atoms with Crippen molar-refractivity contribution in [1.82, 2.24) is 14.8 Å². The van der Waals surface area contributed by atoms with Gasteiger partial charge < -0.3 is 9.47 Å². The molecule has 0 spiro atoms. The van der Waals surface area contributed by atoms with Gasteiger partial charge in [0.15, 0.2) is 4.77 Å². The van der Waals surface area contributed by atoms with Gasteiger partial charge in [-0.25, -0.2) is 0 Å². The fourth-order valence-electron chi connectivity index (χ4n) is 1.83. The Labute approximate surface area is 121 Å². The predicted octanol–water partition coefficient (Wildman–Crippen LogP) is 3.16. The molecule has 0 atom stereocenters. The third-order valence-corrected chi connectivity index (χ3v) is 3.32. The zero-order chi connectivity index (χ0) is 14.0. The monoisotopic (exact) mass is 299 g/mol. The molecule has 5 nitrogen and oxygen atoms in total. The van der Waals surface area contributed by atoms with Crippen molar-refractivity contribution in [2.45, 2.75) is 13.3 Å².